The minimum absolute atomic E-state index is 0.576. The molecule has 5 rings (SSSR count). The van der Waals surface area contributed by atoms with Gasteiger partial charge in [-0.2, -0.15) is 0 Å². The zero-order valence-electron chi connectivity index (χ0n) is 17.9. The van der Waals surface area contributed by atoms with Crippen molar-refractivity contribution >= 4 is 10.9 Å². The van der Waals surface area contributed by atoms with Gasteiger partial charge in [-0.05, 0) is 35.7 Å². The average molecular weight is 420 g/mol. The Balaban J connectivity index is 1.86. The van der Waals surface area contributed by atoms with E-state index in [1.54, 1.807) is 0 Å². The van der Waals surface area contributed by atoms with Gasteiger partial charge in [-0.1, -0.05) is 103 Å². The summed E-state index contributed by atoms with van der Waals surface area (Å²) in [4.78, 5) is 3.47. The van der Waals surface area contributed by atoms with Crippen LogP contribution >= 0.6 is 0 Å². The van der Waals surface area contributed by atoms with E-state index in [-0.39, 0.29) is 0 Å². The first-order chi connectivity index (χ1) is 15.6. The summed E-state index contributed by atoms with van der Waals surface area (Å²) in [6.45, 7) is 2.03. The van der Waals surface area contributed by atoms with E-state index in [4.69, 9.17) is 0 Å². The lowest BCUT2D eigenvalue weighted by Gasteiger charge is -2.31. The average Bonchev–Trinajstić information content (AvgIpc) is 3.23. The molecule has 3 heteroatoms. The van der Waals surface area contributed by atoms with Crippen LogP contribution in [0, 0.1) is 6.92 Å². The molecule has 0 bridgehead atoms. The highest BCUT2D eigenvalue weighted by Crippen LogP contribution is 2.43. The van der Waals surface area contributed by atoms with Crippen LogP contribution in [-0.4, -0.2) is 15.2 Å². The lowest BCUT2D eigenvalue weighted by molar-refractivity contribution is 0.116. The summed E-state index contributed by atoms with van der Waals surface area (Å²) in [6.07, 6.45) is -0.902. The molecule has 3 nitrogen and oxygen atoms in total. The van der Waals surface area contributed by atoms with Gasteiger partial charge in [0.05, 0.1) is 5.69 Å². The number of rotatable bonds is 5. The second kappa shape index (κ2) is 8.12. The molecule has 0 radical (unpaired) electrons. The van der Waals surface area contributed by atoms with Crippen molar-refractivity contribution in [3.8, 4) is 0 Å². The number of aromatic nitrogens is 1. The quantitative estimate of drug-likeness (QED) is 0.335. The summed E-state index contributed by atoms with van der Waals surface area (Å²) in [7, 11) is 0. The maximum Gasteiger partial charge on any atom is 0.155 e. The standard InChI is InChI=1S/C29H25NO2/c1-20-17-18-25-24(19-20)26(27(31)21-11-5-2-6-12-21)28(30-25)29(32,22-13-7-3-8-14-22)23-15-9-4-10-16-23/h2-19,27,30-32H,1H3. The van der Waals surface area contributed by atoms with Gasteiger partial charge in [-0.15, -0.1) is 0 Å². The number of aryl methyl sites for hydroxylation is 1. The third-order valence-electron chi connectivity index (χ3n) is 6.13. The second-order valence-electron chi connectivity index (χ2n) is 8.22. The molecular weight excluding hydrogens is 394 g/mol. The van der Waals surface area contributed by atoms with Crippen LogP contribution in [-0.2, 0) is 5.60 Å². The van der Waals surface area contributed by atoms with Crippen LogP contribution < -0.4 is 0 Å². The van der Waals surface area contributed by atoms with Crippen LogP contribution in [0.25, 0.3) is 10.9 Å². The van der Waals surface area contributed by atoms with Crippen molar-refractivity contribution in [2.45, 2.75) is 18.6 Å². The summed E-state index contributed by atoms with van der Waals surface area (Å²) >= 11 is 0. The minimum atomic E-state index is -1.47. The predicted octanol–water partition coefficient (Wildman–Crippen LogP) is 5.84. The van der Waals surface area contributed by atoms with Gasteiger partial charge in [0.1, 0.15) is 6.10 Å². The summed E-state index contributed by atoms with van der Waals surface area (Å²) in [5.74, 6) is 0. The lowest BCUT2D eigenvalue weighted by Crippen LogP contribution is -2.31. The molecule has 0 aliphatic carbocycles. The van der Waals surface area contributed by atoms with Gasteiger partial charge in [0.2, 0.25) is 0 Å². The molecule has 0 saturated carbocycles. The smallest absolute Gasteiger partial charge is 0.155 e. The van der Waals surface area contributed by atoms with Crippen LogP contribution in [0.2, 0.25) is 0 Å². The summed E-state index contributed by atoms with van der Waals surface area (Å²) < 4.78 is 0. The maximum atomic E-state index is 12.4. The number of hydrogen-bond acceptors (Lipinski definition) is 2. The van der Waals surface area contributed by atoms with Crippen LogP contribution in [0.3, 0.4) is 0 Å². The molecule has 1 aromatic heterocycles. The van der Waals surface area contributed by atoms with Crippen molar-refractivity contribution in [2.24, 2.45) is 0 Å². The van der Waals surface area contributed by atoms with E-state index in [9.17, 15) is 10.2 Å². The van der Waals surface area contributed by atoms with E-state index < -0.39 is 11.7 Å². The summed E-state index contributed by atoms with van der Waals surface area (Å²) in [5.41, 5.74) is 4.00. The fraction of sp³-hybridized carbons (Fsp3) is 0.103. The molecule has 1 atom stereocenters. The van der Waals surface area contributed by atoms with E-state index >= 15 is 0 Å². The van der Waals surface area contributed by atoms with Crippen molar-refractivity contribution in [1.82, 2.24) is 4.98 Å². The Hall–Kier alpha value is -3.66. The minimum Gasteiger partial charge on any atom is -0.384 e. The largest absolute Gasteiger partial charge is 0.384 e. The van der Waals surface area contributed by atoms with Crippen LogP contribution in [0.15, 0.2) is 109 Å². The first-order valence-corrected chi connectivity index (χ1v) is 10.8. The lowest BCUT2D eigenvalue weighted by atomic mass is 9.80. The molecule has 0 aliphatic rings. The van der Waals surface area contributed by atoms with E-state index in [1.807, 2.05) is 110 Å². The van der Waals surface area contributed by atoms with Crippen molar-refractivity contribution in [3.05, 3.63) is 143 Å². The normalized spacial score (nSPS) is 12.7. The highest BCUT2D eigenvalue weighted by Gasteiger charge is 2.39. The van der Waals surface area contributed by atoms with E-state index in [0.717, 1.165) is 33.2 Å². The number of hydrogen-bond donors (Lipinski definition) is 3. The Morgan fingerprint density at radius 3 is 1.81 bits per heavy atom. The van der Waals surface area contributed by atoms with Gasteiger partial charge >= 0.3 is 0 Å². The summed E-state index contributed by atoms with van der Waals surface area (Å²) in [6, 6.07) is 34.9. The van der Waals surface area contributed by atoms with E-state index in [2.05, 4.69) is 11.1 Å². The molecule has 0 saturated heterocycles. The molecule has 5 aromatic rings. The number of aliphatic hydroxyl groups excluding tert-OH is 1. The Bertz CT molecular complexity index is 1300. The van der Waals surface area contributed by atoms with Gasteiger partial charge in [-0.25, -0.2) is 0 Å². The molecule has 32 heavy (non-hydrogen) atoms. The highest BCUT2D eigenvalue weighted by atomic mass is 16.3. The van der Waals surface area contributed by atoms with Gasteiger partial charge in [0.25, 0.3) is 0 Å². The highest BCUT2D eigenvalue weighted by molar-refractivity contribution is 5.87. The number of benzene rings is 4. The van der Waals surface area contributed by atoms with E-state index in [0.29, 0.717) is 11.3 Å². The molecule has 0 aliphatic heterocycles. The topological polar surface area (TPSA) is 56.2 Å². The fourth-order valence-electron chi connectivity index (χ4n) is 4.51. The second-order valence-corrected chi connectivity index (χ2v) is 8.22. The zero-order chi connectivity index (χ0) is 22.1. The van der Waals surface area contributed by atoms with Gasteiger partial charge in [-0.3, -0.25) is 0 Å². The molecule has 158 valence electrons. The predicted molar refractivity (Wildman–Crippen MR) is 129 cm³/mol. The molecule has 0 fully saturated rings. The number of nitrogens with one attached hydrogen (secondary N) is 1. The monoisotopic (exact) mass is 419 g/mol. The third kappa shape index (κ3) is 3.32. The van der Waals surface area contributed by atoms with Crippen LogP contribution in [0.4, 0.5) is 0 Å². The molecule has 1 unspecified atom stereocenters. The van der Waals surface area contributed by atoms with Crippen molar-refractivity contribution in [3.63, 3.8) is 0 Å². The van der Waals surface area contributed by atoms with Gasteiger partial charge in [0.15, 0.2) is 5.60 Å². The molecular formula is C29H25NO2. The molecule has 3 N–H and O–H groups in total. The number of H-pyrrole nitrogens is 1. The Morgan fingerprint density at radius 2 is 1.25 bits per heavy atom. The van der Waals surface area contributed by atoms with Crippen molar-refractivity contribution < 1.29 is 10.2 Å². The number of fused-ring (bicyclic) bond motifs is 1. The summed E-state index contributed by atoms with van der Waals surface area (Å²) in [5, 5.41) is 24.9. The molecule has 0 spiro atoms. The zero-order valence-corrected chi connectivity index (χ0v) is 17.9. The maximum absolute atomic E-state index is 12.4. The van der Waals surface area contributed by atoms with Crippen molar-refractivity contribution in [1.29, 1.82) is 0 Å². The molecule has 0 amide bonds. The molecule has 1 heterocycles. The van der Waals surface area contributed by atoms with Crippen LogP contribution in [0.5, 0.6) is 0 Å². The number of aromatic amines is 1. The Kier molecular flexibility index (Phi) is 5.14. The number of aliphatic hydroxyl groups is 2. The molecule has 4 aromatic carbocycles. The van der Waals surface area contributed by atoms with E-state index in [1.165, 1.54) is 0 Å². The SMILES string of the molecule is Cc1ccc2[nH]c(C(O)(c3ccccc3)c3ccccc3)c(C(O)c3ccccc3)c2c1. The Labute approximate surface area is 187 Å². The van der Waals surface area contributed by atoms with Crippen LogP contribution in [0.1, 0.15) is 39.6 Å². The fourth-order valence-corrected chi connectivity index (χ4v) is 4.51. The van der Waals surface area contributed by atoms with Gasteiger partial charge in [0, 0.05) is 16.5 Å². The first kappa shape index (κ1) is 20.3. The van der Waals surface area contributed by atoms with Crippen molar-refractivity contribution in [2.75, 3.05) is 0 Å². The Morgan fingerprint density at radius 1 is 0.719 bits per heavy atom. The third-order valence-corrected chi connectivity index (χ3v) is 6.13. The van der Waals surface area contributed by atoms with Gasteiger partial charge < -0.3 is 15.2 Å². The first-order valence-electron chi connectivity index (χ1n) is 10.8.